The molecule has 0 amide bonds. The molecule has 0 fully saturated rings. The number of nitrogens with two attached hydrogens (primary N) is 1. The van der Waals surface area contributed by atoms with E-state index in [1.807, 2.05) is 18.2 Å². The minimum Gasteiger partial charge on any atom is -0.394 e. The second-order valence-electron chi connectivity index (χ2n) is 7.10. The maximum Gasteiger partial charge on any atom is 0.272 e. The number of fused-ring (bicyclic) bond motifs is 4. The summed E-state index contributed by atoms with van der Waals surface area (Å²) in [5.74, 6) is -0.407. The smallest absolute Gasteiger partial charge is 0.272 e. The fourth-order valence-corrected chi connectivity index (χ4v) is 4.06. The number of hydrogen-bond acceptors (Lipinski definition) is 4. The summed E-state index contributed by atoms with van der Waals surface area (Å²) in [6.07, 6.45) is 5.09. The van der Waals surface area contributed by atoms with Gasteiger partial charge in [-0.15, -0.1) is 0 Å². The van der Waals surface area contributed by atoms with Gasteiger partial charge < -0.3 is 10.7 Å². The van der Waals surface area contributed by atoms with Crippen molar-refractivity contribution in [3.63, 3.8) is 0 Å². The second kappa shape index (κ2) is 6.41. The highest BCUT2D eigenvalue weighted by Crippen LogP contribution is 2.38. The van der Waals surface area contributed by atoms with Crippen molar-refractivity contribution in [2.45, 2.75) is 19.8 Å². The Bertz CT molecular complexity index is 1470. The van der Waals surface area contributed by atoms with Crippen molar-refractivity contribution in [1.29, 1.82) is 0 Å². The highest BCUT2D eigenvalue weighted by molar-refractivity contribution is 6.14. The molecule has 0 aliphatic carbocycles. The molecule has 0 unspecified atom stereocenters. The Morgan fingerprint density at radius 2 is 2.00 bits per heavy atom. The third-order valence-corrected chi connectivity index (χ3v) is 5.34. The van der Waals surface area contributed by atoms with E-state index in [0.717, 1.165) is 34.7 Å². The fraction of sp³-hybridized carbons (Fsp3) is 0.136. The molecule has 3 heterocycles. The zero-order valence-corrected chi connectivity index (χ0v) is 15.7. The molecule has 0 aliphatic heterocycles. The number of nitrogen functional groups attached to an aromatic ring is 1. The van der Waals surface area contributed by atoms with Gasteiger partial charge in [0.05, 0.1) is 17.2 Å². The van der Waals surface area contributed by atoms with E-state index < -0.39 is 5.82 Å². The number of benzene rings is 2. The number of aryl methyl sites for hydroxylation is 1. The van der Waals surface area contributed by atoms with Gasteiger partial charge in [0.15, 0.2) is 0 Å². The van der Waals surface area contributed by atoms with Gasteiger partial charge in [-0.2, -0.15) is 5.10 Å². The van der Waals surface area contributed by atoms with Crippen molar-refractivity contribution in [2.24, 2.45) is 0 Å². The second-order valence-corrected chi connectivity index (χ2v) is 7.10. The van der Waals surface area contributed by atoms with E-state index in [4.69, 9.17) is 5.73 Å². The van der Waals surface area contributed by atoms with Gasteiger partial charge in [0.1, 0.15) is 17.0 Å². The van der Waals surface area contributed by atoms with Gasteiger partial charge in [-0.1, -0.05) is 19.4 Å². The van der Waals surface area contributed by atoms with Crippen LogP contribution in [0, 0.1) is 5.82 Å². The Hall–Kier alpha value is -3.74. The standard InChI is InChI=1S/C22H18FN5O/c1-2-4-11-9-14-17(12-6-7-16(23)21-15(12)10-26-28-21)18(24)22(29)27-20(14)13-5-3-8-25-19(11)13/h3,5-10H,2,4,24H2,1H3,(H,26,28)(H,27,29). The molecule has 4 N–H and O–H groups in total. The van der Waals surface area contributed by atoms with Crippen LogP contribution in [0.3, 0.4) is 0 Å². The Balaban J connectivity index is 2.00. The molecule has 0 spiro atoms. The summed E-state index contributed by atoms with van der Waals surface area (Å²) in [6.45, 7) is 2.11. The Labute approximate surface area is 164 Å². The molecule has 29 heavy (non-hydrogen) atoms. The lowest BCUT2D eigenvalue weighted by Gasteiger charge is -2.15. The van der Waals surface area contributed by atoms with Gasteiger partial charge in [-0.25, -0.2) is 4.39 Å². The van der Waals surface area contributed by atoms with Crippen LogP contribution >= 0.6 is 0 Å². The first-order chi connectivity index (χ1) is 14.1. The molecule has 0 saturated carbocycles. The number of nitrogens with one attached hydrogen (secondary N) is 2. The predicted molar refractivity (Wildman–Crippen MR) is 113 cm³/mol. The lowest BCUT2D eigenvalue weighted by atomic mass is 9.93. The molecule has 3 aromatic heterocycles. The summed E-state index contributed by atoms with van der Waals surface area (Å²) in [6, 6.07) is 8.82. The monoisotopic (exact) mass is 387 g/mol. The van der Waals surface area contributed by atoms with E-state index in [9.17, 15) is 9.18 Å². The van der Waals surface area contributed by atoms with Gasteiger partial charge in [0, 0.05) is 27.9 Å². The van der Waals surface area contributed by atoms with Crippen molar-refractivity contribution in [2.75, 3.05) is 5.73 Å². The largest absolute Gasteiger partial charge is 0.394 e. The summed E-state index contributed by atoms with van der Waals surface area (Å²) in [7, 11) is 0. The van der Waals surface area contributed by atoms with Crippen molar-refractivity contribution in [3.05, 3.63) is 64.5 Å². The van der Waals surface area contributed by atoms with Crippen LogP contribution in [0.1, 0.15) is 18.9 Å². The van der Waals surface area contributed by atoms with Crippen molar-refractivity contribution >= 4 is 38.4 Å². The summed E-state index contributed by atoms with van der Waals surface area (Å²) in [5, 5.41) is 8.90. The molecule has 0 bridgehead atoms. The molecular formula is C22H18FN5O. The maximum absolute atomic E-state index is 14.2. The minimum atomic E-state index is -0.407. The molecule has 5 aromatic rings. The number of rotatable bonds is 3. The molecule has 5 rings (SSSR count). The number of aromatic nitrogens is 4. The van der Waals surface area contributed by atoms with E-state index in [2.05, 4.69) is 27.1 Å². The molecule has 0 atom stereocenters. The topological polar surface area (TPSA) is 100 Å². The Kier molecular flexibility index (Phi) is 3.84. The highest BCUT2D eigenvalue weighted by atomic mass is 19.1. The summed E-state index contributed by atoms with van der Waals surface area (Å²) < 4.78 is 14.2. The predicted octanol–water partition coefficient (Wildman–Crippen LogP) is 4.29. The van der Waals surface area contributed by atoms with E-state index in [1.165, 1.54) is 6.07 Å². The van der Waals surface area contributed by atoms with Crippen LogP contribution in [-0.4, -0.2) is 20.2 Å². The number of aromatic amines is 2. The van der Waals surface area contributed by atoms with E-state index >= 15 is 0 Å². The minimum absolute atomic E-state index is 0.0947. The van der Waals surface area contributed by atoms with Crippen molar-refractivity contribution < 1.29 is 4.39 Å². The van der Waals surface area contributed by atoms with Crippen molar-refractivity contribution in [1.82, 2.24) is 20.2 Å². The Morgan fingerprint density at radius 3 is 2.83 bits per heavy atom. The van der Waals surface area contributed by atoms with Gasteiger partial charge in [-0.05, 0) is 41.8 Å². The van der Waals surface area contributed by atoms with Crippen LogP contribution in [0.2, 0.25) is 0 Å². The van der Waals surface area contributed by atoms with Gasteiger partial charge >= 0.3 is 0 Å². The normalized spacial score (nSPS) is 11.7. The first-order valence-corrected chi connectivity index (χ1v) is 9.44. The molecule has 2 aromatic carbocycles. The average molecular weight is 387 g/mol. The highest BCUT2D eigenvalue weighted by Gasteiger charge is 2.19. The molecule has 0 radical (unpaired) electrons. The van der Waals surface area contributed by atoms with Gasteiger partial charge in [0.2, 0.25) is 0 Å². The lowest BCUT2D eigenvalue weighted by Crippen LogP contribution is -2.14. The van der Waals surface area contributed by atoms with Crippen LogP contribution in [-0.2, 0) is 6.42 Å². The molecular weight excluding hydrogens is 369 g/mol. The number of hydrogen-bond donors (Lipinski definition) is 3. The average Bonchev–Trinajstić information content (AvgIpc) is 3.22. The lowest BCUT2D eigenvalue weighted by molar-refractivity contribution is 0.636. The number of halogens is 1. The first-order valence-electron chi connectivity index (χ1n) is 9.44. The number of nitrogens with zero attached hydrogens (tertiary/aromatic N) is 2. The number of pyridine rings is 2. The maximum atomic E-state index is 14.2. The number of H-pyrrole nitrogens is 2. The van der Waals surface area contributed by atoms with Crippen LogP contribution in [0.4, 0.5) is 10.1 Å². The molecule has 6 nitrogen and oxygen atoms in total. The van der Waals surface area contributed by atoms with Crippen LogP contribution in [0.25, 0.3) is 43.8 Å². The zero-order valence-electron chi connectivity index (χ0n) is 15.7. The molecule has 0 saturated heterocycles. The quantitative estimate of drug-likeness (QED) is 0.402. The molecule has 7 heteroatoms. The summed E-state index contributed by atoms with van der Waals surface area (Å²) in [5.41, 5.74) is 10.1. The summed E-state index contributed by atoms with van der Waals surface area (Å²) >= 11 is 0. The van der Waals surface area contributed by atoms with E-state index in [0.29, 0.717) is 22.0 Å². The van der Waals surface area contributed by atoms with Crippen molar-refractivity contribution in [3.8, 4) is 11.1 Å². The zero-order chi connectivity index (χ0) is 20.1. The first kappa shape index (κ1) is 17.4. The Morgan fingerprint density at radius 1 is 1.14 bits per heavy atom. The fourth-order valence-electron chi connectivity index (χ4n) is 4.06. The van der Waals surface area contributed by atoms with Gasteiger partial charge in [-0.3, -0.25) is 14.9 Å². The summed E-state index contributed by atoms with van der Waals surface area (Å²) in [4.78, 5) is 20.2. The molecule has 144 valence electrons. The SMILES string of the molecule is CCCc1cc2c(-c3ccc(F)c4[nH]ncc34)c(N)c(=O)[nH]c2c2cccnc12. The van der Waals surface area contributed by atoms with Gasteiger partial charge in [0.25, 0.3) is 5.56 Å². The third-order valence-electron chi connectivity index (χ3n) is 5.34. The van der Waals surface area contributed by atoms with Crippen LogP contribution in [0.15, 0.2) is 47.5 Å². The van der Waals surface area contributed by atoms with E-state index in [-0.39, 0.29) is 16.8 Å². The molecule has 0 aliphatic rings. The number of anilines is 1. The van der Waals surface area contributed by atoms with E-state index in [1.54, 1.807) is 18.5 Å². The third kappa shape index (κ3) is 2.51. The van der Waals surface area contributed by atoms with Crippen LogP contribution in [0.5, 0.6) is 0 Å². The van der Waals surface area contributed by atoms with Crippen LogP contribution < -0.4 is 11.3 Å².